The van der Waals surface area contributed by atoms with Crippen LogP contribution in [0, 0.1) is 20.8 Å². The first-order valence-corrected chi connectivity index (χ1v) is 9.77. The predicted molar refractivity (Wildman–Crippen MR) is 113 cm³/mol. The highest BCUT2D eigenvalue weighted by molar-refractivity contribution is 6.31. The quantitative estimate of drug-likeness (QED) is 0.577. The lowest BCUT2D eigenvalue weighted by atomic mass is 10.1. The van der Waals surface area contributed by atoms with Crippen LogP contribution in [0.1, 0.15) is 29.1 Å². The molecule has 3 rings (SSSR count). The molecule has 30 heavy (non-hydrogen) atoms. The van der Waals surface area contributed by atoms with E-state index in [1.165, 1.54) is 7.11 Å². The molecule has 0 fully saturated rings. The maximum Gasteiger partial charge on any atom is 0.306 e. The number of carbonyl (C=O) groups excluding carboxylic acids is 2. The molecule has 0 radical (unpaired) electrons. The highest BCUT2D eigenvalue weighted by Crippen LogP contribution is 2.27. The van der Waals surface area contributed by atoms with Crippen molar-refractivity contribution < 1.29 is 19.1 Å². The second-order valence-corrected chi connectivity index (χ2v) is 7.31. The number of hydrogen-bond donors (Lipinski definition) is 1. The minimum Gasteiger partial charge on any atom is -0.495 e. The Morgan fingerprint density at radius 3 is 2.70 bits per heavy atom. The SMILES string of the molecule is COc1ccc(Cl)cc1NC(=O)COC(=O)CCc1c(C)nc2cc(C)nn2c1C. The van der Waals surface area contributed by atoms with Crippen molar-refractivity contribution in [2.24, 2.45) is 0 Å². The summed E-state index contributed by atoms with van der Waals surface area (Å²) < 4.78 is 12.1. The number of fused-ring (bicyclic) bond motifs is 1. The lowest BCUT2D eigenvalue weighted by Crippen LogP contribution is -2.21. The number of ether oxygens (including phenoxy) is 2. The molecule has 1 N–H and O–H groups in total. The number of carbonyl (C=O) groups is 2. The second-order valence-electron chi connectivity index (χ2n) is 6.87. The van der Waals surface area contributed by atoms with Crippen LogP contribution < -0.4 is 10.1 Å². The van der Waals surface area contributed by atoms with Gasteiger partial charge >= 0.3 is 5.97 Å². The van der Waals surface area contributed by atoms with Crippen LogP contribution in [0.2, 0.25) is 5.02 Å². The summed E-state index contributed by atoms with van der Waals surface area (Å²) in [7, 11) is 1.49. The molecule has 0 saturated heterocycles. The van der Waals surface area contributed by atoms with Crippen molar-refractivity contribution in [1.82, 2.24) is 14.6 Å². The zero-order chi connectivity index (χ0) is 21.8. The molecule has 8 nitrogen and oxygen atoms in total. The van der Waals surface area contributed by atoms with Crippen molar-refractivity contribution in [1.29, 1.82) is 0 Å². The van der Waals surface area contributed by atoms with Crippen molar-refractivity contribution in [2.45, 2.75) is 33.6 Å². The number of aryl methyl sites for hydroxylation is 3. The number of esters is 1. The molecular weight excluding hydrogens is 408 g/mol. The third-order valence-electron chi connectivity index (χ3n) is 4.67. The molecule has 0 aliphatic carbocycles. The maximum absolute atomic E-state index is 12.1. The molecule has 2 aromatic heterocycles. The molecule has 0 unspecified atom stereocenters. The summed E-state index contributed by atoms with van der Waals surface area (Å²) in [5, 5.41) is 7.50. The van der Waals surface area contributed by atoms with Gasteiger partial charge in [-0.2, -0.15) is 5.10 Å². The lowest BCUT2D eigenvalue weighted by molar-refractivity contribution is -0.147. The van der Waals surface area contributed by atoms with Gasteiger partial charge in [0.25, 0.3) is 5.91 Å². The molecule has 9 heteroatoms. The molecule has 2 heterocycles. The molecule has 0 spiro atoms. The topological polar surface area (TPSA) is 94.8 Å². The zero-order valence-electron chi connectivity index (χ0n) is 17.3. The molecule has 3 aromatic rings. The number of amides is 1. The standard InChI is InChI=1S/C21H23ClN4O4/c1-12-9-19-23-13(2)16(14(3)26(19)25-12)6-8-21(28)30-11-20(27)24-17-10-15(22)5-7-18(17)29-4/h5,7,9-10H,6,8,11H2,1-4H3,(H,24,27). The molecule has 0 aliphatic rings. The highest BCUT2D eigenvalue weighted by Gasteiger charge is 2.15. The fraction of sp³-hybridized carbons (Fsp3) is 0.333. The minimum absolute atomic E-state index is 0.128. The van der Waals surface area contributed by atoms with Gasteiger partial charge in [0, 0.05) is 28.9 Å². The largest absolute Gasteiger partial charge is 0.495 e. The molecule has 0 atom stereocenters. The second kappa shape index (κ2) is 9.13. The fourth-order valence-electron chi connectivity index (χ4n) is 3.21. The molecule has 0 saturated carbocycles. The minimum atomic E-state index is -0.480. The first-order valence-electron chi connectivity index (χ1n) is 9.40. The maximum atomic E-state index is 12.1. The normalized spacial score (nSPS) is 10.8. The van der Waals surface area contributed by atoms with Crippen molar-refractivity contribution >= 4 is 34.8 Å². The number of nitrogens with zero attached hydrogens (tertiary/aromatic N) is 3. The number of benzene rings is 1. The lowest BCUT2D eigenvalue weighted by Gasteiger charge is -2.12. The number of rotatable bonds is 7. The van der Waals surface area contributed by atoms with E-state index >= 15 is 0 Å². The number of halogens is 1. The van der Waals surface area contributed by atoms with Gasteiger partial charge in [-0.15, -0.1) is 0 Å². The van der Waals surface area contributed by atoms with E-state index in [9.17, 15) is 9.59 Å². The summed E-state index contributed by atoms with van der Waals surface area (Å²) >= 11 is 5.94. The fourth-order valence-corrected chi connectivity index (χ4v) is 3.38. The van der Waals surface area contributed by atoms with Crippen molar-refractivity contribution in [3.63, 3.8) is 0 Å². The van der Waals surface area contributed by atoms with E-state index < -0.39 is 18.5 Å². The van der Waals surface area contributed by atoms with Crippen LogP contribution in [0.25, 0.3) is 5.65 Å². The van der Waals surface area contributed by atoms with Crippen LogP contribution in [0.15, 0.2) is 24.3 Å². The predicted octanol–water partition coefficient (Wildman–Crippen LogP) is 3.43. The van der Waals surface area contributed by atoms with Gasteiger partial charge < -0.3 is 14.8 Å². The van der Waals surface area contributed by atoms with E-state index in [-0.39, 0.29) is 6.42 Å². The molecule has 0 bridgehead atoms. The monoisotopic (exact) mass is 430 g/mol. The van der Waals surface area contributed by atoms with Gasteiger partial charge in [-0.3, -0.25) is 9.59 Å². The van der Waals surface area contributed by atoms with Crippen LogP contribution in [0.5, 0.6) is 5.75 Å². The van der Waals surface area contributed by atoms with Crippen LogP contribution in [0.3, 0.4) is 0 Å². The van der Waals surface area contributed by atoms with Gasteiger partial charge in [-0.1, -0.05) is 11.6 Å². The zero-order valence-corrected chi connectivity index (χ0v) is 18.0. The van der Waals surface area contributed by atoms with Gasteiger partial charge in [-0.25, -0.2) is 9.50 Å². The summed E-state index contributed by atoms with van der Waals surface area (Å²) in [4.78, 5) is 28.8. The summed E-state index contributed by atoms with van der Waals surface area (Å²) in [5.41, 5.74) is 4.79. The number of hydrogen-bond acceptors (Lipinski definition) is 6. The Hall–Kier alpha value is -3.13. The van der Waals surface area contributed by atoms with Crippen molar-refractivity contribution in [3.05, 3.63) is 51.9 Å². The van der Waals surface area contributed by atoms with E-state index in [2.05, 4.69) is 15.4 Å². The van der Waals surface area contributed by atoms with Crippen molar-refractivity contribution in [3.8, 4) is 5.75 Å². The summed E-state index contributed by atoms with van der Waals surface area (Å²) in [6.07, 6.45) is 0.574. The summed E-state index contributed by atoms with van der Waals surface area (Å²) in [6.45, 7) is 5.36. The van der Waals surface area contributed by atoms with Crippen LogP contribution >= 0.6 is 11.6 Å². The van der Waals surface area contributed by atoms with Gasteiger partial charge in [0.05, 0.1) is 18.5 Å². The average molecular weight is 431 g/mol. The van der Waals surface area contributed by atoms with E-state index in [1.807, 2.05) is 26.8 Å². The first kappa shape index (κ1) is 21.6. The van der Waals surface area contributed by atoms with Gasteiger partial charge in [0.2, 0.25) is 0 Å². The van der Waals surface area contributed by atoms with Crippen molar-refractivity contribution in [2.75, 3.05) is 19.0 Å². The van der Waals surface area contributed by atoms with E-state index in [0.717, 1.165) is 28.3 Å². The average Bonchev–Trinajstić information content (AvgIpc) is 3.06. The summed E-state index contributed by atoms with van der Waals surface area (Å²) in [5.74, 6) is -0.494. The highest BCUT2D eigenvalue weighted by atomic mass is 35.5. The molecule has 1 amide bonds. The molecule has 158 valence electrons. The Kier molecular flexibility index (Phi) is 6.56. The smallest absolute Gasteiger partial charge is 0.306 e. The number of anilines is 1. The van der Waals surface area contributed by atoms with E-state index in [1.54, 1.807) is 22.7 Å². The van der Waals surface area contributed by atoms with Gasteiger partial charge in [0.1, 0.15) is 5.75 Å². The Balaban J connectivity index is 1.56. The van der Waals surface area contributed by atoms with Gasteiger partial charge in [-0.05, 0) is 51.0 Å². The van der Waals surface area contributed by atoms with Crippen LogP contribution in [-0.4, -0.2) is 40.2 Å². The van der Waals surface area contributed by atoms with E-state index in [0.29, 0.717) is 22.9 Å². The Labute approximate surface area is 179 Å². The Bertz CT molecular complexity index is 1110. The molecule has 1 aromatic carbocycles. The number of aromatic nitrogens is 3. The third-order valence-corrected chi connectivity index (χ3v) is 4.90. The van der Waals surface area contributed by atoms with E-state index in [4.69, 9.17) is 21.1 Å². The third kappa shape index (κ3) is 4.88. The molecule has 0 aliphatic heterocycles. The first-order chi connectivity index (χ1) is 14.3. The van der Waals surface area contributed by atoms with Crippen LogP contribution in [0.4, 0.5) is 5.69 Å². The molecular formula is C21H23ClN4O4. The number of methoxy groups -OCH3 is 1. The summed E-state index contributed by atoms with van der Waals surface area (Å²) in [6, 6.07) is 6.76. The van der Waals surface area contributed by atoms with Crippen LogP contribution in [-0.2, 0) is 20.7 Å². The van der Waals surface area contributed by atoms with Gasteiger partial charge in [0.15, 0.2) is 12.3 Å². The number of nitrogens with one attached hydrogen (secondary N) is 1. The Morgan fingerprint density at radius 2 is 1.97 bits per heavy atom. The Morgan fingerprint density at radius 1 is 1.20 bits per heavy atom.